The molecular formula is C11H20IrO3. The zero-order valence-electron chi connectivity index (χ0n) is 9.96. The number of methoxy groups -OCH3 is 1. The maximum Gasteiger partial charge on any atom is 0.164 e. The van der Waals surface area contributed by atoms with Gasteiger partial charge < -0.3 is 9.84 Å². The Kier molecular flexibility index (Phi) is 8.21. The van der Waals surface area contributed by atoms with Gasteiger partial charge >= 0.3 is 0 Å². The molecule has 0 aliphatic carbocycles. The van der Waals surface area contributed by atoms with E-state index in [1.54, 1.807) is 0 Å². The van der Waals surface area contributed by atoms with Gasteiger partial charge in [-0.15, -0.1) is 0 Å². The van der Waals surface area contributed by atoms with Gasteiger partial charge in [0.2, 0.25) is 0 Å². The number of aliphatic hydroxyl groups excluding tert-OH is 1. The Balaban J connectivity index is 0. The summed E-state index contributed by atoms with van der Waals surface area (Å²) in [7, 11) is 1.51. The van der Waals surface area contributed by atoms with E-state index in [2.05, 4.69) is 0 Å². The third-order valence-electron chi connectivity index (χ3n) is 2.00. The summed E-state index contributed by atoms with van der Waals surface area (Å²) in [5, 5.41) is 9.56. The van der Waals surface area contributed by atoms with E-state index in [1.165, 1.54) is 13.2 Å². The number of aliphatic hydroxyl groups is 1. The smallest absolute Gasteiger partial charge is 0.164 e. The van der Waals surface area contributed by atoms with Gasteiger partial charge in [-0.2, -0.15) is 0 Å². The maximum atomic E-state index is 11.5. The van der Waals surface area contributed by atoms with Crippen LogP contribution in [0.2, 0.25) is 0 Å². The summed E-state index contributed by atoms with van der Waals surface area (Å²) >= 11 is 0. The molecule has 0 fully saturated rings. The summed E-state index contributed by atoms with van der Waals surface area (Å²) in [6, 6.07) is 0. The van der Waals surface area contributed by atoms with Gasteiger partial charge in [-0.05, 0) is 6.42 Å². The Hall–Kier alpha value is -0.181. The van der Waals surface area contributed by atoms with Crippen LogP contribution in [-0.2, 0) is 29.6 Å². The molecule has 15 heavy (non-hydrogen) atoms. The molecule has 0 heterocycles. The Morgan fingerprint density at radius 2 is 1.93 bits per heavy atom. The van der Waals surface area contributed by atoms with E-state index < -0.39 is 5.41 Å². The Morgan fingerprint density at radius 1 is 1.47 bits per heavy atom. The minimum Gasteiger partial charge on any atom is -0.509 e. The summed E-state index contributed by atoms with van der Waals surface area (Å²) in [6.45, 7) is 7.33. The molecule has 0 spiro atoms. The predicted octanol–water partition coefficient (Wildman–Crippen LogP) is 2.47. The Morgan fingerprint density at radius 3 is 2.20 bits per heavy atom. The van der Waals surface area contributed by atoms with E-state index >= 15 is 0 Å². The third kappa shape index (κ3) is 6.08. The van der Waals surface area contributed by atoms with E-state index in [9.17, 15) is 9.90 Å². The molecule has 0 saturated heterocycles. The molecule has 0 aliphatic rings. The first kappa shape index (κ1) is 17.2. The second-order valence-electron chi connectivity index (χ2n) is 4.32. The zero-order chi connectivity index (χ0) is 11.4. The van der Waals surface area contributed by atoms with Crippen LogP contribution < -0.4 is 0 Å². The van der Waals surface area contributed by atoms with Gasteiger partial charge in [0.25, 0.3) is 0 Å². The van der Waals surface area contributed by atoms with Crippen LogP contribution in [0.3, 0.4) is 0 Å². The fourth-order valence-electron chi connectivity index (χ4n) is 0.940. The molecule has 1 radical (unpaired) electrons. The number of carbonyl (C=O) groups is 1. The van der Waals surface area contributed by atoms with E-state index in [4.69, 9.17) is 4.74 Å². The van der Waals surface area contributed by atoms with Gasteiger partial charge in [-0.25, -0.2) is 0 Å². The van der Waals surface area contributed by atoms with Crippen molar-refractivity contribution in [2.45, 2.75) is 40.2 Å². The fourth-order valence-corrected chi connectivity index (χ4v) is 0.940. The first-order valence-electron chi connectivity index (χ1n) is 4.80. The molecule has 1 N–H and O–H groups in total. The van der Waals surface area contributed by atoms with Gasteiger partial charge in [-0.1, -0.05) is 27.7 Å². The van der Waals surface area contributed by atoms with Crippen molar-refractivity contribution in [1.29, 1.82) is 0 Å². The summed E-state index contributed by atoms with van der Waals surface area (Å²) < 4.78 is 5.00. The second kappa shape index (κ2) is 7.15. The third-order valence-corrected chi connectivity index (χ3v) is 2.00. The maximum absolute atomic E-state index is 11.5. The molecule has 1 unspecified atom stereocenters. The Labute approximate surface area is 105 Å². The van der Waals surface area contributed by atoms with Gasteiger partial charge in [0.1, 0.15) is 11.9 Å². The zero-order valence-corrected chi connectivity index (χ0v) is 12.4. The van der Waals surface area contributed by atoms with Crippen LogP contribution in [0.4, 0.5) is 0 Å². The molecule has 0 amide bonds. The molecule has 0 aliphatic heterocycles. The van der Waals surface area contributed by atoms with E-state index in [0.29, 0.717) is 6.42 Å². The summed E-state index contributed by atoms with van der Waals surface area (Å²) in [5.41, 5.74) is -0.458. The van der Waals surface area contributed by atoms with Crippen molar-refractivity contribution < 1.29 is 34.7 Å². The van der Waals surface area contributed by atoms with Crippen molar-refractivity contribution in [2.75, 3.05) is 7.11 Å². The molecule has 0 aromatic carbocycles. The summed E-state index contributed by atoms with van der Waals surface area (Å²) in [4.78, 5) is 11.5. The van der Waals surface area contributed by atoms with Crippen molar-refractivity contribution in [3.05, 3.63) is 11.8 Å². The van der Waals surface area contributed by atoms with E-state index in [0.717, 1.165) is 0 Å². The summed E-state index contributed by atoms with van der Waals surface area (Å²) in [5.74, 6) is -0.0829. The largest absolute Gasteiger partial charge is 0.509 e. The molecule has 0 aromatic rings. The first-order chi connectivity index (χ1) is 6.32. The average Bonchev–Trinajstić information content (AvgIpc) is 2.04. The molecule has 0 aromatic heterocycles. The monoisotopic (exact) mass is 393 g/mol. The quantitative estimate of drug-likeness (QED) is 0.591. The number of allylic oxidation sites excluding steroid dienone is 1. The van der Waals surface area contributed by atoms with Gasteiger partial charge in [-0.3, -0.25) is 4.79 Å². The van der Waals surface area contributed by atoms with Crippen molar-refractivity contribution in [2.24, 2.45) is 5.41 Å². The number of ether oxygens (including phenoxy) is 1. The molecule has 3 nitrogen and oxygen atoms in total. The number of rotatable bonds is 4. The summed E-state index contributed by atoms with van der Waals surface area (Å²) in [6.07, 6.45) is 1.54. The van der Waals surface area contributed by atoms with Crippen LogP contribution in [0.25, 0.3) is 0 Å². The minimum atomic E-state index is -0.458. The van der Waals surface area contributed by atoms with Crippen molar-refractivity contribution >= 4 is 5.78 Å². The molecule has 1 atom stereocenters. The average molecular weight is 392 g/mol. The number of hydrogen-bond donors (Lipinski definition) is 1. The van der Waals surface area contributed by atoms with Crippen molar-refractivity contribution in [1.82, 2.24) is 0 Å². The first-order valence-corrected chi connectivity index (χ1v) is 4.80. The standard InChI is InChI=1S/C11H20O3.Ir/c1-6-9(14-5)8(12)7-10(13)11(2,3)4;/h7,9,12H,6H2,1-5H3;/b8-7-;. The molecule has 4 heteroatoms. The van der Waals surface area contributed by atoms with Crippen LogP contribution in [0, 0.1) is 5.41 Å². The number of ketones is 1. The SMILES string of the molecule is CCC(OC)/C(O)=C/C(=O)C(C)(C)C.[Ir]. The van der Waals surface area contributed by atoms with Gasteiger partial charge in [0.05, 0.1) is 0 Å². The molecule has 91 valence electrons. The number of hydrogen-bond acceptors (Lipinski definition) is 3. The van der Waals surface area contributed by atoms with Crippen LogP contribution in [-0.4, -0.2) is 24.1 Å². The van der Waals surface area contributed by atoms with Crippen molar-refractivity contribution in [3.63, 3.8) is 0 Å². The molecule has 0 rings (SSSR count). The van der Waals surface area contributed by atoms with E-state index in [-0.39, 0.29) is 37.8 Å². The van der Waals surface area contributed by atoms with Crippen LogP contribution in [0.5, 0.6) is 0 Å². The van der Waals surface area contributed by atoms with Crippen molar-refractivity contribution in [3.8, 4) is 0 Å². The second-order valence-corrected chi connectivity index (χ2v) is 4.32. The van der Waals surface area contributed by atoms with Crippen LogP contribution in [0.15, 0.2) is 11.8 Å². The molecule has 0 saturated carbocycles. The normalized spacial score (nSPS) is 14.3. The van der Waals surface area contributed by atoms with E-state index in [1.807, 2.05) is 27.7 Å². The molecule has 0 bridgehead atoms. The fraction of sp³-hybridized carbons (Fsp3) is 0.727. The predicted molar refractivity (Wildman–Crippen MR) is 56.3 cm³/mol. The van der Waals surface area contributed by atoms with Gasteiger partial charge in [0.15, 0.2) is 5.78 Å². The van der Waals surface area contributed by atoms with Crippen LogP contribution >= 0.6 is 0 Å². The topological polar surface area (TPSA) is 46.5 Å². The molecular weight excluding hydrogens is 372 g/mol. The number of carbonyl (C=O) groups excluding carboxylic acids is 1. The van der Waals surface area contributed by atoms with Gasteiger partial charge in [0, 0.05) is 38.7 Å². The minimum absolute atomic E-state index is 0. The van der Waals surface area contributed by atoms with Crippen LogP contribution in [0.1, 0.15) is 34.1 Å². The Bertz CT molecular complexity index is 224.